The van der Waals surface area contributed by atoms with Gasteiger partial charge in [0.25, 0.3) is 0 Å². The van der Waals surface area contributed by atoms with Crippen LogP contribution in [-0.4, -0.2) is 47.5 Å². The maximum Gasteiger partial charge on any atom is 0.221 e. The molecule has 1 amide bonds. The van der Waals surface area contributed by atoms with Crippen LogP contribution in [-0.2, 0) is 4.79 Å². The van der Waals surface area contributed by atoms with Gasteiger partial charge in [-0.15, -0.1) is 0 Å². The first-order valence-electron chi connectivity index (χ1n) is 7.90. The van der Waals surface area contributed by atoms with Crippen molar-refractivity contribution in [3.8, 4) is 0 Å². The summed E-state index contributed by atoms with van der Waals surface area (Å²) in [6.45, 7) is 2.16. The van der Waals surface area contributed by atoms with Gasteiger partial charge in [-0.3, -0.25) is 4.79 Å². The monoisotopic (exact) mass is 306 g/mol. The summed E-state index contributed by atoms with van der Waals surface area (Å²) >= 11 is 0. The van der Waals surface area contributed by atoms with Gasteiger partial charge in [-0.2, -0.15) is 0 Å². The highest BCUT2D eigenvalue weighted by molar-refractivity contribution is 5.76. The average molecular weight is 306 g/mol. The second-order valence-electron chi connectivity index (χ2n) is 6.13. The number of rotatable bonds is 6. The molecule has 1 heterocycles. The molecule has 5 nitrogen and oxygen atoms in total. The Morgan fingerprint density at radius 2 is 1.86 bits per heavy atom. The molecule has 1 aromatic carbocycles. The molecule has 5 atom stereocenters. The minimum absolute atomic E-state index is 0.137. The fraction of sp³-hybridized carbons (Fsp3) is 0.588. The number of hydrogen-bond acceptors (Lipinski definition) is 4. The van der Waals surface area contributed by atoms with E-state index >= 15 is 0 Å². The van der Waals surface area contributed by atoms with Crippen LogP contribution in [0.25, 0.3) is 0 Å². The van der Waals surface area contributed by atoms with Crippen LogP contribution in [0.2, 0.25) is 0 Å². The van der Waals surface area contributed by atoms with Gasteiger partial charge < -0.3 is 20.8 Å². The van der Waals surface area contributed by atoms with E-state index in [1.54, 1.807) is 7.05 Å². The van der Waals surface area contributed by atoms with Crippen molar-refractivity contribution in [2.45, 2.75) is 56.4 Å². The minimum Gasteiger partial charge on any atom is -0.389 e. The summed E-state index contributed by atoms with van der Waals surface area (Å²) in [5.41, 5.74) is 1.28. The SMILES string of the molecule is CNC(=O)C[C@H]1N[C@H](CCC(C)c2ccccc2)[C@@H](O)[C@@H]1O. The van der Waals surface area contributed by atoms with E-state index in [0.717, 1.165) is 12.8 Å². The second kappa shape index (κ2) is 7.72. The summed E-state index contributed by atoms with van der Waals surface area (Å²) in [5.74, 6) is 0.257. The van der Waals surface area contributed by atoms with Gasteiger partial charge in [0, 0.05) is 25.6 Å². The second-order valence-corrected chi connectivity index (χ2v) is 6.13. The molecule has 1 aliphatic rings. The van der Waals surface area contributed by atoms with Gasteiger partial charge in [0.2, 0.25) is 5.91 Å². The molecule has 22 heavy (non-hydrogen) atoms. The maximum absolute atomic E-state index is 11.4. The summed E-state index contributed by atoms with van der Waals surface area (Å²) in [6.07, 6.45) is 0.142. The Bertz CT molecular complexity index is 480. The predicted molar refractivity (Wildman–Crippen MR) is 85.5 cm³/mol. The van der Waals surface area contributed by atoms with E-state index in [0.29, 0.717) is 5.92 Å². The van der Waals surface area contributed by atoms with Crippen LogP contribution in [0, 0.1) is 0 Å². The van der Waals surface area contributed by atoms with Gasteiger partial charge in [-0.25, -0.2) is 0 Å². The fourth-order valence-electron chi connectivity index (χ4n) is 3.06. The number of nitrogens with one attached hydrogen (secondary N) is 2. The summed E-state index contributed by atoms with van der Waals surface area (Å²) in [6, 6.07) is 9.70. The molecule has 0 aromatic heterocycles. The van der Waals surface area contributed by atoms with Crippen molar-refractivity contribution in [3.63, 3.8) is 0 Å². The maximum atomic E-state index is 11.4. The van der Waals surface area contributed by atoms with Crippen LogP contribution in [0.1, 0.15) is 37.7 Å². The Hall–Kier alpha value is -1.43. The van der Waals surface area contributed by atoms with E-state index in [-0.39, 0.29) is 24.4 Å². The lowest BCUT2D eigenvalue weighted by Gasteiger charge is -2.18. The van der Waals surface area contributed by atoms with Gasteiger partial charge >= 0.3 is 0 Å². The van der Waals surface area contributed by atoms with Crippen molar-refractivity contribution in [1.29, 1.82) is 0 Å². The lowest BCUT2D eigenvalue weighted by atomic mass is 9.93. The van der Waals surface area contributed by atoms with Crippen molar-refractivity contribution in [1.82, 2.24) is 10.6 Å². The largest absolute Gasteiger partial charge is 0.389 e. The fourth-order valence-corrected chi connectivity index (χ4v) is 3.06. The number of hydrogen-bond donors (Lipinski definition) is 4. The van der Waals surface area contributed by atoms with E-state index in [1.165, 1.54) is 5.56 Å². The molecular formula is C17H26N2O3. The highest BCUT2D eigenvalue weighted by atomic mass is 16.3. The first-order chi connectivity index (χ1) is 10.5. The van der Waals surface area contributed by atoms with Crippen molar-refractivity contribution < 1.29 is 15.0 Å². The zero-order chi connectivity index (χ0) is 16.1. The standard InChI is InChI=1S/C17H26N2O3/c1-11(12-6-4-3-5-7-12)8-9-13-16(21)17(22)14(19-13)10-15(20)18-2/h3-7,11,13-14,16-17,19,21-22H,8-10H2,1-2H3,(H,18,20)/t11?,13-,14-,16-,17-/m1/s1. The average Bonchev–Trinajstić information content (AvgIpc) is 2.81. The van der Waals surface area contributed by atoms with Crippen molar-refractivity contribution >= 4 is 5.91 Å². The van der Waals surface area contributed by atoms with Crippen molar-refractivity contribution in [2.24, 2.45) is 0 Å². The van der Waals surface area contributed by atoms with Gasteiger partial charge in [0.1, 0.15) is 0 Å². The van der Waals surface area contributed by atoms with Gasteiger partial charge in [-0.05, 0) is 24.3 Å². The summed E-state index contributed by atoms with van der Waals surface area (Å²) in [5, 5.41) is 26.0. The summed E-state index contributed by atoms with van der Waals surface area (Å²) in [7, 11) is 1.57. The third-order valence-electron chi connectivity index (χ3n) is 4.57. The van der Waals surface area contributed by atoms with Crippen LogP contribution < -0.4 is 10.6 Å². The summed E-state index contributed by atoms with van der Waals surface area (Å²) in [4.78, 5) is 11.4. The molecule has 2 rings (SSSR count). The van der Waals surface area contributed by atoms with Crippen molar-refractivity contribution in [2.75, 3.05) is 7.05 Å². The molecule has 0 spiro atoms. The topological polar surface area (TPSA) is 81.6 Å². The Morgan fingerprint density at radius 3 is 2.50 bits per heavy atom. The van der Waals surface area contributed by atoms with E-state index in [4.69, 9.17) is 0 Å². The minimum atomic E-state index is -0.894. The summed E-state index contributed by atoms with van der Waals surface area (Å²) < 4.78 is 0. The first-order valence-corrected chi connectivity index (χ1v) is 7.90. The van der Waals surface area contributed by atoms with E-state index in [1.807, 2.05) is 18.2 Å². The number of benzene rings is 1. The number of aliphatic hydroxyl groups excluding tert-OH is 2. The van der Waals surface area contributed by atoms with E-state index in [9.17, 15) is 15.0 Å². The molecule has 0 radical (unpaired) electrons. The van der Waals surface area contributed by atoms with Gasteiger partial charge in [0.15, 0.2) is 0 Å². The normalized spacial score (nSPS) is 29.3. The van der Waals surface area contributed by atoms with Crippen LogP contribution in [0.3, 0.4) is 0 Å². The highest BCUT2D eigenvalue weighted by Gasteiger charge is 2.41. The Kier molecular flexibility index (Phi) is 5.94. The highest BCUT2D eigenvalue weighted by Crippen LogP contribution is 2.25. The van der Waals surface area contributed by atoms with Gasteiger partial charge in [-0.1, -0.05) is 37.3 Å². The number of amides is 1. The van der Waals surface area contributed by atoms with E-state index in [2.05, 4.69) is 29.7 Å². The molecule has 5 heteroatoms. The Labute approximate surface area is 131 Å². The molecule has 1 fully saturated rings. The third kappa shape index (κ3) is 4.06. The molecule has 0 aliphatic carbocycles. The lowest BCUT2D eigenvalue weighted by molar-refractivity contribution is -0.121. The quantitative estimate of drug-likeness (QED) is 0.626. The zero-order valence-electron chi connectivity index (χ0n) is 13.2. The predicted octanol–water partition coefficient (Wildman–Crippen LogP) is 0.769. The van der Waals surface area contributed by atoms with Crippen molar-refractivity contribution in [3.05, 3.63) is 35.9 Å². The molecule has 0 saturated carbocycles. The lowest BCUT2D eigenvalue weighted by Crippen LogP contribution is -2.38. The molecule has 1 aromatic rings. The molecule has 1 unspecified atom stereocenters. The molecule has 4 N–H and O–H groups in total. The smallest absolute Gasteiger partial charge is 0.221 e. The molecule has 1 aliphatic heterocycles. The van der Waals surface area contributed by atoms with Crippen LogP contribution in [0.15, 0.2) is 30.3 Å². The van der Waals surface area contributed by atoms with Crippen LogP contribution >= 0.6 is 0 Å². The number of carbonyl (C=O) groups is 1. The first kappa shape index (κ1) is 16.9. The third-order valence-corrected chi connectivity index (χ3v) is 4.57. The van der Waals surface area contributed by atoms with Crippen LogP contribution in [0.4, 0.5) is 0 Å². The van der Waals surface area contributed by atoms with Crippen LogP contribution in [0.5, 0.6) is 0 Å². The molecule has 122 valence electrons. The zero-order valence-corrected chi connectivity index (χ0v) is 13.2. The molecule has 0 bridgehead atoms. The molecule has 1 saturated heterocycles. The number of carbonyl (C=O) groups excluding carboxylic acids is 1. The Morgan fingerprint density at radius 1 is 1.23 bits per heavy atom. The van der Waals surface area contributed by atoms with E-state index < -0.39 is 12.2 Å². The molecular weight excluding hydrogens is 280 g/mol. The Balaban J connectivity index is 1.86. The number of aliphatic hydroxyl groups is 2. The van der Waals surface area contributed by atoms with Gasteiger partial charge in [0.05, 0.1) is 12.2 Å².